The van der Waals surface area contributed by atoms with Gasteiger partial charge in [-0.15, -0.1) is 0 Å². The fourth-order valence-electron chi connectivity index (χ4n) is 8.86. The lowest BCUT2D eigenvalue weighted by Crippen LogP contribution is -2.60. The van der Waals surface area contributed by atoms with Crippen molar-refractivity contribution in [2.75, 3.05) is 32.7 Å². The van der Waals surface area contributed by atoms with Crippen LogP contribution in [0, 0.1) is 29.1 Å². The van der Waals surface area contributed by atoms with Gasteiger partial charge in [0, 0.05) is 44.1 Å². The lowest BCUT2D eigenvalue weighted by Gasteiger charge is -2.54. The van der Waals surface area contributed by atoms with E-state index in [4.69, 9.17) is 9.32 Å². The summed E-state index contributed by atoms with van der Waals surface area (Å²) in [7, 11) is -4.06. The van der Waals surface area contributed by atoms with Gasteiger partial charge < -0.3 is 19.5 Å². The van der Waals surface area contributed by atoms with Gasteiger partial charge in [-0.2, -0.15) is 13.6 Å². The van der Waals surface area contributed by atoms with Crippen LogP contribution in [0.15, 0.2) is 18.2 Å². The van der Waals surface area contributed by atoms with Gasteiger partial charge in [0.15, 0.2) is 0 Å². The third-order valence-corrected chi connectivity index (χ3v) is 11.7. The molecule has 6 atom stereocenters. The smallest absolute Gasteiger partial charge is 0.380 e. The van der Waals surface area contributed by atoms with E-state index < -0.39 is 21.9 Å². The van der Waals surface area contributed by atoms with Gasteiger partial charge in [-0.3, -0.25) is 14.5 Å². The zero-order valence-electron chi connectivity index (χ0n) is 27.0. The summed E-state index contributed by atoms with van der Waals surface area (Å²) < 4.78 is 27.8. The number of hydrogen-bond acceptors (Lipinski definition) is 7. The lowest BCUT2D eigenvalue weighted by molar-refractivity contribution is -0.141. The van der Waals surface area contributed by atoms with E-state index in [9.17, 15) is 23.1 Å². The number of aryl methyl sites for hydroxylation is 1. The molecular weight excluding hydrogens is 580 g/mol. The molecule has 4 aliphatic rings. The summed E-state index contributed by atoms with van der Waals surface area (Å²) in [6.45, 7) is 13.3. The van der Waals surface area contributed by atoms with Gasteiger partial charge in [0.25, 0.3) is 0 Å². The van der Waals surface area contributed by atoms with Crippen LogP contribution < -0.4 is 14.6 Å². The first-order valence-corrected chi connectivity index (χ1v) is 18.0. The Kier molecular flexibility index (Phi) is 9.44. The Morgan fingerprint density at radius 3 is 2.43 bits per heavy atom. The third-order valence-electron chi connectivity index (χ3n) is 11.2. The summed E-state index contributed by atoms with van der Waals surface area (Å²) in [6.07, 6.45) is 6.20. The van der Waals surface area contributed by atoms with Crippen molar-refractivity contribution in [3.8, 4) is 5.75 Å². The molecule has 2 amide bonds. The van der Waals surface area contributed by atoms with E-state index >= 15 is 0 Å². The third kappa shape index (κ3) is 6.66. The van der Waals surface area contributed by atoms with Crippen molar-refractivity contribution in [2.24, 2.45) is 34.2 Å². The molecule has 0 aromatic heterocycles. The fraction of sp³-hybridized carbons (Fsp3) is 0.758. The molecule has 246 valence electrons. The second kappa shape index (κ2) is 12.5. The summed E-state index contributed by atoms with van der Waals surface area (Å²) in [5.41, 5.74) is 1.45. The maximum atomic E-state index is 13.5. The number of benzene rings is 1. The van der Waals surface area contributed by atoms with Crippen LogP contribution in [-0.2, 0) is 26.3 Å². The Bertz CT molecular complexity index is 1340. The second-order valence-corrected chi connectivity index (χ2v) is 16.0. The SMILES string of the molecule is CC(C)C[C@H](NC(=O)C(C)C)C(=O)N1CCN(C[C@]2(O)CC[C@H]3[C@@H]4CCc5cc(OS(N)(=O)=O)ccc5[C@H]4CC[C@@]32C)CC1. The molecule has 3 fully saturated rings. The maximum absolute atomic E-state index is 13.5. The number of rotatable bonds is 9. The van der Waals surface area contributed by atoms with E-state index in [0.717, 1.165) is 44.1 Å². The molecule has 0 radical (unpaired) electrons. The van der Waals surface area contributed by atoms with Crippen LogP contribution in [0.25, 0.3) is 0 Å². The molecule has 1 saturated heterocycles. The largest absolute Gasteiger partial charge is 0.388 e. The zero-order valence-corrected chi connectivity index (χ0v) is 27.9. The van der Waals surface area contributed by atoms with Crippen molar-refractivity contribution in [3.05, 3.63) is 29.3 Å². The highest BCUT2D eigenvalue weighted by atomic mass is 32.2. The summed E-state index contributed by atoms with van der Waals surface area (Å²) in [5, 5.41) is 20.3. The quantitative estimate of drug-likeness (QED) is 0.380. The van der Waals surface area contributed by atoms with Crippen LogP contribution in [0.4, 0.5) is 0 Å². The van der Waals surface area contributed by atoms with Gasteiger partial charge in [-0.05, 0) is 91.9 Å². The number of amides is 2. The number of piperazine rings is 1. The van der Waals surface area contributed by atoms with Crippen LogP contribution in [0.3, 0.4) is 0 Å². The first-order valence-electron chi connectivity index (χ1n) is 16.5. The number of nitrogens with zero attached hydrogens (tertiary/aromatic N) is 2. The Morgan fingerprint density at radius 1 is 1.09 bits per heavy atom. The predicted molar refractivity (Wildman–Crippen MR) is 169 cm³/mol. The Labute approximate surface area is 263 Å². The van der Waals surface area contributed by atoms with Crippen molar-refractivity contribution in [1.29, 1.82) is 0 Å². The van der Waals surface area contributed by atoms with Crippen molar-refractivity contribution >= 4 is 22.1 Å². The van der Waals surface area contributed by atoms with E-state index in [-0.39, 0.29) is 34.8 Å². The monoisotopic (exact) mass is 632 g/mol. The molecule has 0 unspecified atom stereocenters. The van der Waals surface area contributed by atoms with Crippen LogP contribution >= 0.6 is 0 Å². The topological polar surface area (TPSA) is 142 Å². The lowest BCUT2D eigenvalue weighted by atomic mass is 9.53. The van der Waals surface area contributed by atoms with Crippen molar-refractivity contribution in [3.63, 3.8) is 0 Å². The van der Waals surface area contributed by atoms with Gasteiger partial charge in [-0.25, -0.2) is 0 Å². The highest BCUT2D eigenvalue weighted by molar-refractivity contribution is 7.84. The minimum absolute atomic E-state index is 0.00167. The van der Waals surface area contributed by atoms with Gasteiger partial charge in [0.2, 0.25) is 11.8 Å². The molecule has 3 aliphatic carbocycles. The number of fused-ring (bicyclic) bond motifs is 5. The molecule has 44 heavy (non-hydrogen) atoms. The highest BCUT2D eigenvalue weighted by Crippen LogP contribution is 2.64. The first kappa shape index (κ1) is 33.2. The van der Waals surface area contributed by atoms with Gasteiger partial charge >= 0.3 is 10.3 Å². The van der Waals surface area contributed by atoms with Crippen molar-refractivity contribution in [2.45, 2.75) is 97.1 Å². The average molecular weight is 633 g/mol. The van der Waals surface area contributed by atoms with Gasteiger partial charge in [0.05, 0.1) is 5.60 Å². The minimum Gasteiger partial charge on any atom is -0.388 e. The van der Waals surface area contributed by atoms with E-state index in [1.54, 1.807) is 6.07 Å². The number of hydrogen-bond donors (Lipinski definition) is 3. The molecule has 5 rings (SSSR count). The normalized spacial score (nSPS) is 31.3. The molecule has 0 spiro atoms. The fourth-order valence-corrected chi connectivity index (χ4v) is 9.23. The summed E-state index contributed by atoms with van der Waals surface area (Å²) >= 11 is 0. The second-order valence-electron chi connectivity index (χ2n) is 14.8. The molecule has 0 bridgehead atoms. The van der Waals surface area contributed by atoms with Crippen LogP contribution in [0.1, 0.15) is 90.2 Å². The molecule has 2 saturated carbocycles. The molecule has 10 nitrogen and oxygen atoms in total. The Morgan fingerprint density at radius 2 is 1.80 bits per heavy atom. The van der Waals surface area contributed by atoms with E-state index in [0.29, 0.717) is 56.9 Å². The van der Waals surface area contributed by atoms with Crippen molar-refractivity contribution in [1.82, 2.24) is 15.1 Å². The average Bonchev–Trinajstić information content (AvgIpc) is 3.21. The van der Waals surface area contributed by atoms with Gasteiger partial charge in [-0.1, -0.05) is 40.7 Å². The Hall–Kier alpha value is -2.21. The highest BCUT2D eigenvalue weighted by Gasteiger charge is 2.61. The number of nitrogens with one attached hydrogen (secondary N) is 1. The van der Waals surface area contributed by atoms with Crippen LogP contribution in [0.2, 0.25) is 0 Å². The Balaban J connectivity index is 1.21. The van der Waals surface area contributed by atoms with Crippen LogP contribution in [0.5, 0.6) is 5.75 Å². The number of aliphatic hydroxyl groups is 1. The summed E-state index contributed by atoms with van der Waals surface area (Å²) in [6, 6.07) is 5.04. The number of nitrogens with two attached hydrogens (primary N) is 1. The molecular formula is C33H52N4O6S. The summed E-state index contributed by atoms with van der Waals surface area (Å²) in [5.74, 6) is 1.58. The number of β-amino-alcohol motifs (C(OH)–C–C–N with tert-alkyl or cyclic N) is 1. The van der Waals surface area contributed by atoms with E-state index in [1.807, 2.05) is 30.9 Å². The van der Waals surface area contributed by atoms with Gasteiger partial charge in [0.1, 0.15) is 11.8 Å². The number of carbonyl (C=O) groups excluding carboxylic acids is 2. The van der Waals surface area contributed by atoms with E-state index in [2.05, 4.69) is 31.0 Å². The summed E-state index contributed by atoms with van der Waals surface area (Å²) in [4.78, 5) is 30.1. The zero-order chi connectivity index (χ0) is 32.0. The predicted octanol–water partition coefficient (Wildman–Crippen LogP) is 3.19. The molecule has 1 heterocycles. The molecule has 11 heteroatoms. The van der Waals surface area contributed by atoms with Crippen molar-refractivity contribution < 1.29 is 27.3 Å². The standard InChI is InChI=1S/C33H52N4O6S/c1-21(2)18-29(35-30(38)22(3)4)31(39)37-16-14-36(15-17-37)20-33(40)13-11-28-27-8-6-23-19-24(43-44(34,41)42)7-9-25(23)26(27)10-12-32(28,33)5/h7,9,19,21-22,26-29,40H,6,8,10-18,20H2,1-5H3,(H,35,38)(H2,34,41,42)/t26-,27-,28+,29+,32+,33-/m1/s1. The first-order chi connectivity index (χ1) is 20.6. The molecule has 4 N–H and O–H groups in total. The minimum atomic E-state index is -4.06. The van der Waals surface area contributed by atoms with Crippen LogP contribution in [-0.4, -0.2) is 79.5 Å². The molecule has 1 aromatic carbocycles. The molecule has 1 aromatic rings. The number of carbonyl (C=O) groups is 2. The molecule has 1 aliphatic heterocycles. The van der Waals surface area contributed by atoms with E-state index in [1.165, 1.54) is 5.56 Å². The maximum Gasteiger partial charge on any atom is 0.380 e.